The van der Waals surface area contributed by atoms with Crippen LogP contribution in [-0.4, -0.2) is 34.8 Å². The van der Waals surface area contributed by atoms with Gasteiger partial charge in [-0.15, -0.1) is 0 Å². The summed E-state index contributed by atoms with van der Waals surface area (Å²) in [6, 6.07) is 15.2. The van der Waals surface area contributed by atoms with Crippen molar-refractivity contribution < 1.29 is 27.1 Å². The normalized spacial score (nSPS) is 12.1. The second-order valence-electron chi connectivity index (χ2n) is 7.83. The number of ether oxygens (including phenoxy) is 2. The molecule has 0 saturated heterocycles. The van der Waals surface area contributed by atoms with Gasteiger partial charge in [0.1, 0.15) is 5.82 Å². The van der Waals surface area contributed by atoms with Crippen LogP contribution in [0.1, 0.15) is 34.5 Å². The van der Waals surface area contributed by atoms with Crippen molar-refractivity contribution in [1.29, 1.82) is 0 Å². The van der Waals surface area contributed by atoms with Crippen molar-refractivity contribution in [3.63, 3.8) is 0 Å². The van der Waals surface area contributed by atoms with Gasteiger partial charge in [0.15, 0.2) is 11.5 Å². The molecule has 3 rings (SSSR count). The Morgan fingerprint density at radius 3 is 2.23 bits per heavy atom. The van der Waals surface area contributed by atoms with Gasteiger partial charge >= 0.3 is 0 Å². The second kappa shape index (κ2) is 11.0. The van der Waals surface area contributed by atoms with Gasteiger partial charge in [0, 0.05) is 16.7 Å². The third kappa shape index (κ3) is 6.23. The number of nitrogens with zero attached hydrogens (tertiary/aromatic N) is 1. The van der Waals surface area contributed by atoms with Crippen LogP contribution < -0.4 is 19.1 Å². The molecule has 10 heteroatoms. The Bertz CT molecular complexity index is 1320. The third-order valence-corrected chi connectivity index (χ3v) is 6.78. The Labute approximate surface area is 209 Å². The van der Waals surface area contributed by atoms with E-state index in [9.17, 15) is 17.6 Å². The minimum absolute atomic E-state index is 0.0187. The summed E-state index contributed by atoms with van der Waals surface area (Å²) in [5, 5.41) is 3.43. The molecule has 186 valence electrons. The highest BCUT2D eigenvalue weighted by Gasteiger charge is 2.28. The van der Waals surface area contributed by atoms with Crippen molar-refractivity contribution in [3.8, 4) is 11.5 Å². The van der Waals surface area contributed by atoms with Gasteiger partial charge in [-0.2, -0.15) is 0 Å². The Morgan fingerprint density at radius 2 is 1.66 bits per heavy atom. The zero-order valence-electron chi connectivity index (χ0n) is 19.7. The van der Waals surface area contributed by atoms with Gasteiger partial charge in [-0.3, -0.25) is 9.10 Å². The lowest BCUT2D eigenvalue weighted by atomic mass is 10.1. The van der Waals surface area contributed by atoms with Gasteiger partial charge < -0.3 is 14.8 Å². The minimum Gasteiger partial charge on any atom is -0.493 e. The first-order valence-corrected chi connectivity index (χ1v) is 12.8. The maximum absolute atomic E-state index is 14.4. The smallest absolute Gasteiger partial charge is 0.254 e. The van der Waals surface area contributed by atoms with Crippen LogP contribution in [0.2, 0.25) is 5.02 Å². The number of hydrogen-bond acceptors (Lipinski definition) is 5. The maximum atomic E-state index is 14.4. The average molecular weight is 521 g/mol. The van der Waals surface area contributed by atoms with Crippen LogP contribution in [0.4, 0.5) is 10.1 Å². The fraction of sp³-hybridized carbons (Fsp3) is 0.240. The lowest BCUT2D eigenvalue weighted by Crippen LogP contribution is -2.33. The summed E-state index contributed by atoms with van der Waals surface area (Å²) in [6.07, 6.45) is 0.989. The van der Waals surface area contributed by atoms with E-state index in [1.807, 2.05) is 0 Å². The number of hydrogen-bond donors (Lipinski definition) is 1. The van der Waals surface area contributed by atoms with Crippen LogP contribution in [0.3, 0.4) is 0 Å². The molecule has 0 aliphatic heterocycles. The zero-order valence-corrected chi connectivity index (χ0v) is 21.3. The maximum Gasteiger partial charge on any atom is 0.254 e. The summed E-state index contributed by atoms with van der Waals surface area (Å²) in [6.45, 7) is 1.46. The Hall–Kier alpha value is -3.30. The number of carbonyl (C=O) groups excluding carboxylic acids is 1. The molecule has 0 radical (unpaired) electrons. The Kier molecular flexibility index (Phi) is 8.24. The molecule has 0 bridgehead atoms. The van der Waals surface area contributed by atoms with Crippen LogP contribution in [0.25, 0.3) is 0 Å². The standard InChI is InChI=1S/C25H26ClFN2O5S/c1-16(17-9-11-19(26)12-10-17)28-25(30)20-13-23(33-2)24(34-3)14-22(20)29(35(4,31)32)15-18-7-5-6-8-21(18)27/h5-14,16H,15H2,1-4H3,(H,28,30). The lowest BCUT2D eigenvalue weighted by molar-refractivity contribution is 0.0940. The van der Waals surface area contributed by atoms with E-state index in [-0.39, 0.29) is 34.9 Å². The number of benzene rings is 3. The molecule has 3 aromatic carbocycles. The van der Waals surface area contributed by atoms with E-state index in [0.717, 1.165) is 16.1 Å². The van der Waals surface area contributed by atoms with E-state index >= 15 is 0 Å². The van der Waals surface area contributed by atoms with Crippen LogP contribution in [0, 0.1) is 5.82 Å². The number of amides is 1. The highest BCUT2D eigenvalue weighted by molar-refractivity contribution is 7.92. The van der Waals surface area contributed by atoms with Crippen LogP contribution in [0.5, 0.6) is 11.5 Å². The van der Waals surface area contributed by atoms with E-state index in [4.69, 9.17) is 21.1 Å². The predicted octanol–water partition coefficient (Wildman–Crippen LogP) is 4.95. The van der Waals surface area contributed by atoms with Crippen molar-refractivity contribution in [1.82, 2.24) is 5.32 Å². The first kappa shape index (κ1) is 26.3. The molecule has 7 nitrogen and oxygen atoms in total. The van der Waals surface area contributed by atoms with Crippen LogP contribution >= 0.6 is 11.6 Å². The number of methoxy groups -OCH3 is 2. The summed E-state index contributed by atoms with van der Waals surface area (Å²) < 4.78 is 51.7. The highest BCUT2D eigenvalue weighted by atomic mass is 35.5. The van der Waals surface area contributed by atoms with E-state index < -0.39 is 27.8 Å². The molecule has 0 fully saturated rings. The number of rotatable bonds is 9. The topological polar surface area (TPSA) is 84.9 Å². The van der Waals surface area contributed by atoms with Crippen molar-refractivity contribution >= 4 is 33.2 Å². The number of anilines is 1. The summed E-state index contributed by atoms with van der Waals surface area (Å²) >= 11 is 5.95. The predicted molar refractivity (Wildman–Crippen MR) is 134 cm³/mol. The summed E-state index contributed by atoms with van der Waals surface area (Å²) in [4.78, 5) is 13.4. The molecule has 0 aliphatic rings. The second-order valence-corrected chi connectivity index (χ2v) is 10.2. The van der Waals surface area contributed by atoms with E-state index in [0.29, 0.717) is 5.02 Å². The van der Waals surface area contributed by atoms with Gasteiger partial charge in [0.05, 0.1) is 44.3 Å². The van der Waals surface area contributed by atoms with Gasteiger partial charge in [-0.05, 0) is 36.8 Å². The Morgan fingerprint density at radius 1 is 1.06 bits per heavy atom. The van der Waals surface area contributed by atoms with Crippen molar-refractivity contribution in [2.45, 2.75) is 19.5 Å². The minimum atomic E-state index is -3.94. The molecular formula is C25H26ClFN2O5S. The summed E-state index contributed by atoms with van der Waals surface area (Å²) in [5.74, 6) is -0.665. The molecule has 1 amide bonds. The molecule has 1 atom stereocenters. The quantitative estimate of drug-likeness (QED) is 0.431. The molecule has 0 heterocycles. The largest absolute Gasteiger partial charge is 0.493 e. The van der Waals surface area contributed by atoms with Gasteiger partial charge in [-0.1, -0.05) is 41.9 Å². The fourth-order valence-electron chi connectivity index (χ4n) is 3.53. The van der Waals surface area contributed by atoms with Gasteiger partial charge in [0.25, 0.3) is 5.91 Å². The molecule has 35 heavy (non-hydrogen) atoms. The van der Waals surface area contributed by atoms with Crippen LogP contribution in [0.15, 0.2) is 60.7 Å². The van der Waals surface area contributed by atoms with Crippen LogP contribution in [-0.2, 0) is 16.6 Å². The van der Waals surface area contributed by atoms with Crippen molar-refractivity contribution in [2.24, 2.45) is 0 Å². The van der Waals surface area contributed by atoms with Crippen molar-refractivity contribution in [3.05, 3.63) is 88.2 Å². The summed E-state index contributed by atoms with van der Waals surface area (Å²) in [5.41, 5.74) is 0.990. The molecule has 0 saturated carbocycles. The number of halogens is 2. The highest BCUT2D eigenvalue weighted by Crippen LogP contribution is 2.37. The monoisotopic (exact) mass is 520 g/mol. The molecule has 0 aromatic heterocycles. The first-order valence-electron chi connectivity index (χ1n) is 10.6. The molecule has 0 aliphatic carbocycles. The Balaban J connectivity index is 2.10. The van der Waals surface area contributed by atoms with Crippen molar-refractivity contribution in [2.75, 3.05) is 24.8 Å². The number of sulfonamides is 1. The molecule has 1 N–H and O–H groups in total. The molecule has 3 aromatic rings. The van der Waals surface area contributed by atoms with Gasteiger partial charge in [-0.25, -0.2) is 12.8 Å². The van der Waals surface area contributed by atoms with E-state index in [1.54, 1.807) is 37.3 Å². The SMILES string of the molecule is COc1cc(C(=O)NC(C)c2ccc(Cl)cc2)c(N(Cc2ccccc2F)S(C)(=O)=O)cc1OC. The first-order chi connectivity index (χ1) is 16.5. The zero-order chi connectivity index (χ0) is 25.8. The number of carbonyl (C=O) groups is 1. The molecular weight excluding hydrogens is 495 g/mol. The van der Waals surface area contributed by atoms with E-state index in [1.165, 1.54) is 44.6 Å². The molecule has 1 unspecified atom stereocenters. The lowest BCUT2D eigenvalue weighted by Gasteiger charge is -2.26. The fourth-order valence-corrected chi connectivity index (χ4v) is 4.54. The number of nitrogens with one attached hydrogen (secondary N) is 1. The van der Waals surface area contributed by atoms with E-state index in [2.05, 4.69) is 5.32 Å². The average Bonchev–Trinajstić information content (AvgIpc) is 2.82. The third-order valence-electron chi connectivity index (χ3n) is 5.40. The molecule has 0 spiro atoms. The van der Waals surface area contributed by atoms with Gasteiger partial charge in [0.2, 0.25) is 10.0 Å². The summed E-state index contributed by atoms with van der Waals surface area (Å²) in [7, 11) is -1.14.